The molecule has 0 saturated carbocycles. The third kappa shape index (κ3) is 4.61. The summed E-state index contributed by atoms with van der Waals surface area (Å²) >= 11 is 1.28. The smallest absolute Gasteiger partial charge is 0.327 e. The van der Waals surface area contributed by atoms with Crippen molar-refractivity contribution in [3.8, 4) is 11.5 Å². The van der Waals surface area contributed by atoms with Gasteiger partial charge in [0.05, 0.1) is 24.3 Å². The summed E-state index contributed by atoms with van der Waals surface area (Å²) in [5.74, 6) is -0.497. The quantitative estimate of drug-likeness (QED) is 0.443. The lowest BCUT2D eigenvalue weighted by Gasteiger charge is -2.35. The van der Waals surface area contributed by atoms with E-state index in [9.17, 15) is 14.4 Å². The molecule has 2 unspecified atom stereocenters. The summed E-state index contributed by atoms with van der Waals surface area (Å²) in [5.41, 5.74) is 2.45. The van der Waals surface area contributed by atoms with Gasteiger partial charge in [-0.15, -0.1) is 0 Å². The number of rotatable bonds is 6. The highest BCUT2D eigenvalue weighted by molar-refractivity contribution is 8.01. The molecule has 39 heavy (non-hydrogen) atoms. The van der Waals surface area contributed by atoms with E-state index in [4.69, 9.17) is 11.6 Å². The van der Waals surface area contributed by atoms with Crippen molar-refractivity contribution in [2.75, 3.05) is 18.0 Å². The van der Waals surface area contributed by atoms with Crippen LogP contribution in [0.3, 0.4) is 0 Å². The second kappa shape index (κ2) is 10.1. The number of hydrogen-bond acceptors (Lipinski definition) is 6. The van der Waals surface area contributed by atoms with Crippen molar-refractivity contribution in [2.24, 2.45) is 0 Å². The number of nitrogens with zero attached hydrogens (tertiary/aromatic N) is 3. The van der Waals surface area contributed by atoms with Crippen LogP contribution in [0.1, 0.15) is 30.4 Å². The fourth-order valence-electron chi connectivity index (χ4n) is 5.10. The Labute approximate surface area is 237 Å². The monoisotopic (exact) mass is 546 g/mol. The van der Waals surface area contributed by atoms with Crippen molar-refractivity contribution >= 4 is 41.0 Å². The zero-order valence-corrected chi connectivity index (χ0v) is 21.7. The molecule has 2 aromatic carbocycles. The highest BCUT2D eigenvalue weighted by Gasteiger charge is 2.47. The minimum absolute atomic E-state index is 0.179. The number of urea groups is 1. The number of thioether (sulfide) groups is 1. The average Bonchev–Trinajstić information content (AvgIpc) is 3.63. The number of likely N-dealkylation sites (tertiary alicyclic amines) is 1. The van der Waals surface area contributed by atoms with Gasteiger partial charge < -0.3 is 20.3 Å². The molecule has 0 spiro atoms. The molecule has 4 amide bonds. The number of aryl methyl sites for hydroxylation is 1. The fraction of sp³-hybridized carbons (Fsp3) is 0.241. The first-order valence-electron chi connectivity index (χ1n) is 14.8. The standard InChI is InChI=1S/C29H27N5O4S/c1-3-23(35)33-14-12-18(16-33)31-27(36)26-25-24-22(11-13-30-28(24)39-26)34(29(37)32-25)21-10-9-20(15-17(21)2)38-19-7-5-4-6-8-19/h3-11,13,15,18,25-26H,1,12,14,16H2,2H3,(H,31,36)(H,32,37)/t18?,25?,26-/m1/s1/i4D,5D,6D,7D,8D. The van der Waals surface area contributed by atoms with E-state index in [-0.39, 0.29) is 29.4 Å². The molecule has 3 aliphatic heterocycles. The van der Waals surface area contributed by atoms with Gasteiger partial charge in [0.1, 0.15) is 21.8 Å². The molecule has 0 aliphatic carbocycles. The first-order chi connectivity index (χ1) is 21.0. The highest BCUT2D eigenvalue weighted by Crippen LogP contribution is 2.51. The lowest BCUT2D eigenvalue weighted by molar-refractivity contribution is -0.126. The van der Waals surface area contributed by atoms with Gasteiger partial charge in [-0.1, -0.05) is 36.5 Å². The summed E-state index contributed by atoms with van der Waals surface area (Å²) in [5, 5.41) is 5.99. The predicted octanol–water partition coefficient (Wildman–Crippen LogP) is 4.46. The third-order valence-corrected chi connectivity index (χ3v) is 8.18. The number of aromatic nitrogens is 1. The Morgan fingerprint density at radius 3 is 2.82 bits per heavy atom. The highest BCUT2D eigenvalue weighted by atomic mass is 32.2. The van der Waals surface area contributed by atoms with E-state index in [0.717, 1.165) is 5.56 Å². The predicted molar refractivity (Wildman–Crippen MR) is 148 cm³/mol. The SMILES string of the molecule is [2H]c1c([2H])c([2H])c(Oc2ccc(N3C(=O)NC4c5c3ccnc5S[C@H]4C(=O)NC3CCN(C(=O)C=C)C3)c(C)c2)c([2H])c1[2H]. The van der Waals surface area contributed by atoms with Crippen molar-refractivity contribution in [1.29, 1.82) is 0 Å². The van der Waals surface area contributed by atoms with E-state index in [1.54, 1.807) is 42.3 Å². The number of ether oxygens (including phenoxy) is 1. The van der Waals surface area contributed by atoms with Crippen LogP contribution < -0.4 is 20.3 Å². The number of nitrogens with one attached hydrogen (secondary N) is 2. The minimum Gasteiger partial charge on any atom is -0.457 e. The maximum absolute atomic E-state index is 13.6. The van der Waals surface area contributed by atoms with Crippen LogP contribution >= 0.6 is 11.8 Å². The normalized spacial score (nSPS) is 23.1. The molecule has 2 N–H and O–H groups in total. The molecule has 198 valence electrons. The summed E-state index contributed by atoms with van der Waals surface area (Å²) in [7, 11) is 0. The van der Waals surface area contributed by atoms with Gasteiger partial charge in [0.2, 0.25) is 11.8 Å². The number of hydrogen-bond donors (Lipinski definition) is 2. The van der Waals surface area contributed by atoms with Gasteiger partial charge in [0.25, 0.3) is 0 Å². The molecule has 10 heteroatoms. The molecule has 1 aromatic heterocycles. The maximum Gasteiger partial charge on any atom is 0.327 e. The molecule has 3 aromatic rings. The summed E-state index contributed by atoms with van der Waals surface area (Å²) in [4.78, 5) is 46.6. The van der Waals surface area contributed by atoms with Crippen molar-refractivity contribution in [2.45, 2.75) is 35.7 Å². The van der Waals surface area contributed by atoms with Crippen molar-refractivity contribution in [1.82, 2.24) is 20.5 Å². The van der Waals surface area contributed by atoms with Crippen LogP contribution in [-0.4, -0.2) is 52.1 Å². The van der Waals surface area contributed by atoms with Crippen LogP contribution in [0.25, 0.3) is 0 Å². The van der Waals surface area contributed by atoms with Gasteiger partial charge in [-0.05, 0) is 61.3 Å². The van der Waals surface area contributed by atoms with Crippen molar-refractivity contribution < 1.29 is 26.0 Å². The van der Waals surface area contributed by atoms with Crippen LogP contribution in [0.4, 0.5) is 16.2 Å². The van der Waals surface area contributed by atoms with Crippen LogP contribution in [-0.2, 0) is 9.59 Å². The summed E-state index contributed by atoms with van der Waals surface area (Å²) < 4.78 is 45.5. The number of amides is 4. The lowest BCUT2D eigenvalue weighted by Crippen LogP contribution is -2.50. The number of carbonyl (C=O) groups is 3. The van der Waals surface area contributed by atoms with Crippen molar-refractivity contribution in [3.63, 3.8) is 0 Å². The molecule has 0 radical (unpaired) electrons. The topological polar surface area (TPSA) is 104 Å². The maximum atomic E-state index is 13.6. The number of benzene rings is 2. The number of pyridine rings is 1. The van der Waals surface area contributed by atoms with E-state index in [1.165, 1.54) is 22.7 Å². The molecular weight excluding hydrogens is 514 g/mol. The summed E-state index contributed by atoms with van der Waals surface area (Å²) in [6.45, 7) is 6.20. The van der Waals surface area contributed by atoms with E-state index in [0.29, 0.717) is 41.5 Å². The first kappa shape index (κ1) is 19.7. The Bertz CT molecular complexity index is 1730. The molecular formula is C29H27N5O4S. The molecule has 1 fully saturated rings. The van der Waals surface area contributed by atoms with E-state index in [2.05, 4.69) is 22.2 Å². The largest absolute Gasteiger partial charge is 0.457 e. The minimum atomic E-state index is -0.650. The van der Waals surface area contributed by atoms with E-state index < -0.39 is 47.5 Å². The third-order valence-electron chi connectivity index (χ3n) is 6.89. The van der Waals surface area contributed by atoms with Crippen molar-refractivity contribution in [3.05, 3.63) is 84.5 Å². The van der Waals surface area contributed by atoms with Crippen LogP contribution in [0.2, 0.25) is 0 Å². The zero-order valence-electron chi connectivity index (χ0n) is 25.9. The number of para-hydroxylation sites is 1. The van der Waals surface area contributed by atoms with Crippen LogP contribution in [0, 0.1) is 6.92 Å². The molecule has 4 heterocycles. The number of carbonyl (C=O) groups excluding carboxylic acids is 3. The van der Waals surface area contributed by atoms with E-state index in [1.807, 2.05) is 0 Å². The lowest BCUT2D eigenvalue weighted by atomic mass is 9.99. The Morgan fingerprint density at radius 2 is 2.05 bits per heavy atom. The van der Waals surface area contributed by atoms with Gasteiger partial charge in [0.15, 0.2) is 0 Å². The molecule has 9 nitrogen and oxygen atoms in total. The van der Waals surface area contributed by atoms with Gasteiger partial charge >= 0.3 is 6.03 Å². The molecule has 3 atom stereocenters. The summed E-state index contributed by atoms with van der Waals surface area (Å²) in [6.07, 6.45) is 3.47. The Balaban J connectivity index is 1.25. The zero-order chi connectivity index (χ0) is 31.4. The van der Waals surface area contributed by atoms with E-state index >= 15 is 0 Å². The molecule has 3 aliphatic rings. The second-order valence-electron chi connectivity index (χ2n) is 9.34. The molecule has 1 saturated heterocycles. The molecule has 0 bridgehead atoms. The average molecular weight is 547 g/mol. The second-order valence-corrected chi connectivity index (χ2v) is 10.5. The Kier molecular flexibility index (Phi) is 5.11. The van der Waals surface area contributed by atoms with Gasteiger partial charge in [-0.3, -0.25) is 14.5 Å². The van der Waals surface area contributed by atoms with Crippen LogP contribution in [0.15, 0.2) is 78.4 Å². The Morgan fingerprint density at radius 1 is 1.23 bits per heavy atom. The summed E-state index contributed by atoms with van der Waals surface area (Å²) in [6, 6.07) is 2.85. The fourth-order valence-corrected chi connectivity index (χ4v) is 6.34. The van der Waals surface area contributed by atoms with Gasteiger partial charge in [0, 0.05) is 30.9 Å². The Hall–Kier alpha value is -4.31. The first-order valence-corrected chi connectivity index (χ1v) is 13.2. The van der Waals surface area contributed by atoms with Crippen LogP contribution in [0.5, 0.6) is 11.5 Å². The molecule has 6 rings (SSSR count). The van der Waals surface area contributed by atoms with Gasteiger partial charge in [-0.25, -0.2) is 9.78 Å². The van der Waals surface area contributed by atoms with Gasteiger partial charge in [-0.2, -0.15) is 0 Å². The number of anilines is 2.